The maximum atomic E-state index is 11.7. The van der Waals surface area contributed by atoms with Crippen LogP contribution in [-0.4, -0.2) is 70.3 Å². The largest absolute Gasteiger partial charge is 0.356 e. The Kier molecular flexibility index (Phi) is 10.3. The number of hydrogen-bond acceptors (Lipinski definition) is 6. The molecule has 0 aliphatic carbocycles. The third-order valence-electron chi connectivity index (χ3n) is 3.95. The predicted molar refractivity (Wildman–Crippen MR) is 90.0 cm³/mol. The molecule has 1 fully saturated rings. The molecule has 0 aromatic carbocycles. The fourth-order valence-corrected chi connectivity index (χ4v) is 2.35. The third-order valence-corrected chi connectivity index (χ3v) is 3.95. The normalized spacial score (nSPS) is 21.2. The zero-order chi connectivity index (χ0) is 19.4. The number of amides is 4. The van der Waals surface area contributed by atoms with E-state index in [4.69, 9.17) is 0 Å². The molecule has 4 N–H and O–H groups in total. The molecule has 0 radical (unpaired) electrons. The molecule has 0 aromatic heterocycles. The van der Waals surface area contributed by atoms with E-state index in [9.17, 15) is 29.6 Å². The summed E-state index contributed by atoms with van der Waals surface area (Å²) in [4.78, 5) is 46.7. The van der Waals surface area contributed by atoms with Gasteiger partial charge in [-0.25, -0.2) is 10.1 Å². The minimum absolute atomic E-state index is 0.0173. The Morgan fingerprint density at radius 1 is 0.615 bits per heavy atom. The van der Waals surface area contributed by atoms with Crippen molar-refractivity contribution in [2.75, 3.05) is 26.2 Å². The average Bonchev–Trinajstić information content (AvgIpc) is 2.62. The van der Waals surface area contributed by atoms with Crippen molar-refractivity contribution in [3.63, 3.8) is 0 Å². The van der Waals surface area contributed by atoms with Crippen molar-refractivity contribution in [2.45, 2.75) is 51.4 Å². The number of rotatable bonds is 0. The summed E-state index contributed by atoms with van der Waals surface area (Å²) in [5, 5.41) is 25.7. The summed E-state index contributed by atoms with van der Waals surface area (Å²) in [7, 11) is 0. The summed E-state index contributed by atoms with van der Waals surface area (Å²) in [6, 6.07) is 0. The molecule has 1 aliphatic heterocycles. The van der Waals surface area contributed by atoms with E-state index in [2.05, 4.69) is 10.6 Å². The van der Waals surface area contributed by atoms with Crippen molar-refractivity contribution in [1.82, 2.24) is 20.8 Å². The first-order chi connectivity index (χ1) is 12.4. The van der Waals surface area contributed by atoms with Crippen LogP contribution in [0, 0.1) is 0 Å². The molecule has 10 nitrogen and oxygen atoms in total. The van der Waals surface area contributed by atoms with Crippen LogP contribution in [0.15, 0.2) is 0 Å². The van der Waals surface area contributed by atoms with E-state index in [1.54, 1.807) is 0 Å². The fourth-order valence-electron chi connectivity index (χ4n) is 2.35. The van der Waals surface area contributed by atoms with Gasteiger partial charge in [-0.15, -0.1) is 0 Å². The lowest BCUT2D eigenvalue weighted by molar-refractivity contribution is -0.166. The third kappa shape index (κ3) is 9.33. The van der Waals surface area contributed by atoms with Crippen LogP contribution >= 0.6 is 0 Å². The fraction of sp³-hybridized carbons (Fsp3) is 0.750. The van der Waals surface area contributed by atoms with Crippen molar-refractivity contribution in [2.24, 2.45) is 0 Å². The summed E-state index contributed by atoms with van der Waals surface area (Å²) in [5.74, 6) is -1.62. The van der Waals surface area contributed by atoms with E-state index in [0.29, 0.717) is 48.9 Å². The Balaban J connectivity index is 2.49. The monoisotopic (exact) mass is 372 g/mol. The van der Waals surface area contributed by atoms with Gasteiger partial charge in [-0.1, -0.05) is 0 Å². The van der Waals surface area contributed by atoms with Crippen LogP contribution in [0.25, 0.3) is 0 Å². The van der Waals surface area contributed by atoms with Gasteiger partial charge in [-0.2, -0.15) is 0 Å². The van der Waals surface area contributed by atoms with Crippen molar-refractivity contribution in [1.29, 1.82) is 0 Å². The quantitative estimate of drug-likeness (QED) is 0.434. The molecule has 4 amide bonds. The molecule has 1 heterocycles. The average molecular weight is 372 g/mol. The maximum Gasteiger partial charge on any atom is 0.246 e. The van der Waals surface area contributed by atoms with E-state index in [-0.39, 0.29) is 50.6 Å². The van der Waals surface area contributed by atoms with Gasteiger partial charge in [0.15, 0.2) is 0 Å². The van der Waals surface area contributed by atoms with Gasteiger partial charge < -0.3 is 10.6 Å². The molecule has 0 unspecified atom stereocenters. The van der Waals surface area contributed by atoms with Gasteiger partial charge >= 0.3 is 0 Å². The van der Waals surface area contributed by atoms with E-state index in [1.165, 1.54) is 0 Å². The molecular weight excluding hydrogens is 344 g/mol. The summed E-state index contributed by atoms with van der Waals surface area (Å²) >= 11 is 0. The summed E-state index contributed by atoms with van der Waals surface area (Å²) in [6.45, 7) is 0.961. The number of hydroxylamine groups is 4. The zero-order valence-electron chi connectivity index (χ0n) is 14.9. The van der Waals surface area contributed by atoms with Crippen molar-refractivity contribution in [3.8, 4) is 0 Å². The SMILES string of the molecule is O=C1CCC(=O)N(O)CCCCNC(=O)CCC(=O)N(O)CCCCN1. The zero-order valence-corrected chi connectivity index (χ0v) is 14.9. The van der Waals surface area contributed by atoms with Gasteiger partial charge in [0.05, 0.1) is 0 Å². The lowest BCUT2D eigenvalue weighted by atomic mass is 10.2. The number of carbonyl (C=O) groups is 4. The maximum absolute atomic E-state index is 11.7. The van der Waals surface area contributed by atoms with Gasteiger partial charge in [-0.3, -0.25) is 29.6 Å². The molecule has 1 aliphatic rings. The van der Waals surface area contributed by atoms with Crippen molar-refractivity contribution in [3.05, 3.63) is 0 Å². The van der Waals surface area contributed by atoms with E-state index >= 15 is 0 Å². The molecular formula is C16H28N4O6. The van der Waals surface area contributed by atoms with E-state index in [0.717, 1.165) is 0 Å². The molecule has 0 bridgehead atoms. The predicted octanol–water partition coefficient (Wildman–Crippen LogP) is -0.211. The summed E-state index contributed by atoms with van der Waals surface area (Å²) in [5.41, 5.74) is 0. The molecule has 148 valence electrons. The smallest absolute Gasteiger partial charge is 0.246 e. The topological polar surface area (TPSA) is 139 Å². The molecule has 10 heteroatoms. The number of carbonyl (C=O) groups excluding carboxylic acids is 4. The molecule has 0 saturated carbocycles. The van der Waals surface area contributed by atoms with Crippen LogP contribution in [0.3, 0.4) is 0 Å². The second kappa shape index (κ2) is 12.2. The highest BCUT2D eigenvalue weighted by molar-refractivity contribution is 5.83. The Bertz CT molecular complexity index is 455. The van der Waals surface area contributed by atoms with Gasteiger partial charge in [0.25, 0.3) is 0 Å². The molecule has 0 aromatic rings. The first kappa shape index (κ1) is 21.8. The second-order valence-electron chi connectivity index (χ2n) is 6.15. The highest BCUT2D eigenvalue weighted by Crippen LogP contribution is 2.01. The van der Waals surface area contributed by atoms with Gasteiger partial charge in [-0.05, 0) is 25.7 Å². The number of nitrogens with zero attached hydrogens (tertiary/aromatic N) is 2. The van der Waals surface area contributed by atoms with Crippen LogP contribution in [0.1, 0.15) is 51.4 Å². The minimum Gasteiger partial charge on any atom is -0.356 e. The number of hydrogen-bond donors (Lipinski definition) is 4. The Morgan fingerprint density at radius 3 is 1.38 bits per heavy atom. The highest BCUT2D eigenvalue weighted by Gasteiger charge is 2.15. The Morgan fingerprint density at radius 2 is 1.00 bits per heavy atom. The molecule has 1 rings (SSSR count). The molecule has 1 saturated heterocycles. The first-order valence-corrected chi connectivity index (χ1v) is 8.92. The number of nitrogens with one attached hydrogen (secondary N) is 2. The Hall–Kier alpha value is -2.20. The summed E-state index contributed by atoms with van der Waals surface area (Å²) < 4.78 is 0. The summed E-state index contributed by atoms with van der Waals surface area (Å²) in [6.07, 6.45) is 1.87. The standard InChI is InChI=1S/C16H28N4O6/c21-13-5-7-16(24)20(26)12-4-2-10-18-14(22)6-8-15(23)19(25)11-3-1-9-17-13/h25-26H,1-12H2,(H,17,21)(H,18,22). The van der Waals surface area contributed by atoms with Crippen LogP contribution in [0.2, 0.25) is 0 Å². The molecule has 0 spiro atoms. The Labute approximate surface area is 152 Å². The van der Waals surface area contributed by atoms with Crippen molar-refractivity contribution >= 4 is 23.6 Å². The minimum atomic E-state index is -0.520. The van der Waals surface area contributed by atoms with E-state index < -0.39 is 11.8 Å². The molecule has 26 heavy (non-hydrogen) atoms. The second-order valence-corrected chi connectivity index (χ2v) is 6.15. The van der Waals surface area contributed by atoms with E-state index in [1.807, 2.05) is 0 Å². The van der Waals surface area contributed by atoms with Gasteiger partial charge in [0.2, 0.25) is 23.6 Å². The van der Waals surface area contributed by atoms with Crippen LogP contribution in [0.4, 0.5) is 0 Å². The van der Waals surface area contributed by atoms with Crippen LogP contribution in [0.5, 0.6) is 0 Å². The van der Waals surface area contributed by atoms with Crippen molar-refractivity contribution < 1.29 is 29.6 Å². The van der Waals surface area contributed by atoms with Crippen LogP contribution < -0.4 is 10.6 Å². The lowest BCUT2D eigenvalue weighted by Gasteiger charge is -2.16. The highest BCUT2D eigenvalue weighted by atomic mass is 16.5. The first-order valence-electron chi connectivity index (χ1n) is 8.92. The lowest BCUT2D eigenvalue weighted by Crippen LogP contribution is -2.33. The molecule has 0 atom stereocenters. The van der Waals surface area contributed by atoms with Crippen LogP contribution in [-0.2, 0) is 19.2 Å². The van der Waals surface area contributed by atoms with Gasteiger partial charge in [0.1, 0.15) is 0 Å². The van der Waals surface area contributed by atoms with Gasteiger partial charge in [0, 0.05) is 51.9 Å².